The molecule has 2 saturated heterocycles. The van der Waals surface area contributed by atoms with Crippen molar-refractivity contribution in [3.05, 3.63) is 0 Å². The number of methoxy groups -OCH3 is 1. The second-order valence-corrected chi connectivity index (χ2v) is 5.75. The molecular weight excluding hydrogens is 208 g/mol. The van der Waals surface area contributed by atoms with Crippen molar-refractivity contribution in [2.75, 3.05) is 7.11 Å². The Balaban J connectivity index is 2.32. The molecule has 0 aromatic rings. The van der Waals surface area contributed by atoms with Crippen LogP contribution in [0.15, 0.2) is 0 Å². The first kappa shape index (κ1) is 11.9. The van der Waals surface area contributed by atoms with Crippen LogP contribution in [0.4, 0.5) is 0 Å². The smallest absolute Gasteiger partial charge is 0.314 e. The van der Waals surface area contributed by atoms with E-state index in [1.807, 2.05) is 20.8 Å². The summed E-state index contributed by atoms with van der Waals surface area (Å²) in [6.07, 6.45) is 1.65. The highest BCUT2D eigenvalue weighted by Crippen LogP contribution is 2.58. The summed E-state index contributed by atoms with van der Waals surface area (Å²) in [4.78, 5) is 11.8. The molecule has 0 spiro atoms. The van der Waals surface area contributed by atoms with Crippen molar-refractivity contribution in [1.82, 2.24) is 0 Å². The molecule has 1 N–H and O–H groups in total. The molecule has 2 fully saturated rings. The van der Waals surface area contributed by atoms with Gasteiger partial charge in [0, 0.05) is 6.42 Å². The Morgan fingerprint density at radius 1 is 1.50 bits per heavy atom. The zero-order valence-corrected chi connectivity index (χ0v) is 10.4. The van der Waals surface area contributed by atoms with Crippen molar-refractivity contribution in [2.24, 2.45) is 5.41 Å². The lowest BCUT2D eigenvalue weighted by atomic mass is 9.67. The normalized spacial score (nSPS) is 42.4. The Labute approximate surface area is 95.9 Å². The number of fused-ring (bicyclic) bond motifs is 2. The zero-order valence-electron chi connectivity index (χ0n) is 10.4. The van der Waals surface area contributed by atoms with Gasteiger partial charge < -0.3 is 14.6 Å². The van der Waals surface area contributed by atoms with E-state index in [1.165, 1.54) is 7.11 Å². The molecule has 0 aromatic heterocycles. The lowest BCUT2D eigenvalue weighted by molar-refractivity contribution is -0.172. The number of carbonyl (C=O) groups excluding carboxylic acids is 1. The summed E-state index contributed by atoms with van der Waals surface area (Å²) in [5, 5.41) is 9.98. The van der Waals surface area contributed by atoms with E-state index in [9.17, 15) is 9.90 Å². The fourth-order valence-electron chi connectivity index (χ4n) is 3.04. The van der Waals surface area contributed by atoms with Gasteiger partial charge in [-0.1, -0.05) is 0 Å². The second kappa shape index (κ2) is 3.20. The summed E-state index contributed by atoms with van der Waals surface area (Å²) < 4.78 is 10.8. The van der Waals surface area contributed by atoms with Crippen LogP contribution in [0.25, 0.3) is 0 Å². The van der Waals surface area contributed by atoms with Crippen LogP contribution in [-0.2, 0) is 14.3 Å². The van der Waals surface area contributed by atoms with Gasteiger partial charge in [0.05, 0.1) is 29.8 Å². The zero-order chi connectivity index (χ0) is 12.2. The quantitative estimate of drug-likeness (QED) is 0.723. The van der Waals surface area contributed by atoms with E-state index < -0.39 is 22.7 Å². The molecule has 4 heteroatoms. The van der Waals surface area contributed by atoms with Crippen LogP contribution < -0.4 is 0 Å². The summed E-state index contributed by atoms with van der Waals surface area (Å²) >= 11 is 0. The Bertz CT molecular complexity index is 325. The summed E-state index contributed by atoms with van der Waals surface area (Å²) in [6.45, 7) is 5.59. The number of hydrogen-bond donors (Lipinski definition) is 1. The highest BCUT2D eigenvalue weighted by molar-refractivity contribution is 5.77. The number of ether oxygens (including phenoxy) is 2. The van der Waals surface area contributed by atoms with Crippen LogP contribution in [0.5, 0.6) is 0 Å². The number of aliphatic hydroxyl groups excluding tert-OH is 1. The molecule has 16 heavy (non-hydrogen) atoms. The van der Waals surface area contributed by atoms with Gasteiger partial charge in [0.15, 0.2) is 0 Å². The van der Waals surface area contributed by atoms with Gasteiger partial charge in [-0.05, 0) is 33.6 Å². The van der Waals surface area contributed by atoms with Crippen LogP contribution in [0.2, 0.25) is 0 Å². The van der Waals surface area contributed by atoms with Crippen LogP contribution in [0, 0.1) is 5.41 Å². The molecule has 2 rings (SSSR count). The molecule has 2 bridgehead atoms. The van der Waals surface area contributed by atoms with E-state index in [2.05, 4.69) is 0 Å². The minimum Gasteiger partial charge on any atom is -0.469 e. The molecule has 3 atom stereocenters. The largest absolute Gasteiger partial charge is 0.469 e. The first-order valence-corrected chi connectivity index (χ1v) is 5.74. The molecule has 0 aliphatic carbocycles. The van der Waals surface area contributed by atoms with Gasteiger partial charge >= 0.3 is 5.97 Å². The lowest BCUT2D eigenvalue weighted by Crippen LogP contribution is -2.49. The highest BCUT2D eigenvalue weighted by Gasteiger charge is 2.66. The first-order chi connectivity index (χ1) is 7.27. The van der Waals surface area contributed by atoms with E-state index in [1.54, 1.807) is 0 Å². The summed E-state index contributed by atoms with van der Waals surface area (Å²) in [5.41, 5.74) is -1.75. The van der Waals surface area contributed by atoms with Crippen molar-refractivity contribution >= 4 is 5.97 Å². The van der Waals surface area contributed by atoms with Crippen LogP contribution in [-0.4, -0.2) is 35.5 Å². The predicted molar refractivity (Wildman–Crippen MR) is 57.9 cm³/mol. The average Bonchev–Trinajstić information content (AvgIpc) is 2.69. The molecule has 2 heterocycles. The SMILES string of the molecule is COC(=O)C(C)(C)[C@@]12CC[C@@](C)(O1)[C@@H](O)C2. The van der Waals surface area contributed by atoms with Gasteiger partial charge in [0.25, 0.3) is 0 Å². The Kier molecular flexibility index (Phi) is 2.37. The molecule has 0 saturated carbocycles. The molecule has 2 aliphatic rings. The average molecular weight is 228 g/mol. The number of esters is 1. The summed E-state index contributed by atoms with van der Waals surface area (Å²) in [7, 11) is 1.39. The van der Waals surface area contributed by atoms with Gasteiger partial charge in [-0.3, -0.25) is 4.79 Å². The molecule has 92 valence electrons. The van der Waals surface area contributed by atoms with E-state index in [-0.39, 0.29) is 5.97 Å². The van der Waals surface area contributed by atoms with Crippen LogP contribution >= 0.6 is 0 Å². The minimum absolute atomic E-state index is 0.272. The van der Waals surface area contributed by atoms with E-state index in [4.69, 9.17) is 9.47 Å². The Morgan fingerprint density at radius 3 is 2.50 bits per heavy atom. The van der Waals surface area contributed by atoms with Gasteiger partial charge in [-0.2, -0.15) is 0 Å². The molecule has 0 unspecified atom stereocenters. The fraction of sp³-hybridized carbons (Fsp3) is 0.917. The van der Waals surface area contributed by atoms with Crippen molar-refractivity contribution in [1.29, 1.82) is 0 Å². The minimum atomic E-state index is -0.711. The molecular formula is C12H20O4. The number of carbonyl (C=O) groups is 1. The summed E-state index contributed by atoms with van der Waals surface area (Å²) in [6, 6.07) is 0. The lowest BCUT2D eigenvalue weighted by Gasteiger charge is -2.39. The van der Waals surface area contributed by atoms with Crippen molar-refractivity contribution in [2.45, 2.75) is 57.3 Å². The first-order valence-electron chi connectivity index (χ1n) is 5.74. The maximum Gasteiger partial charge on any atom is 0.314 e. The Hall–Kier alpha value is -0.610. The maximum absolute atomic E-state index is 11.8. The van der Waals surface area contributed by atoms with Crippen LogP contribution in [0.1, 0.15) is 40.0 Å². The van der Waals surface area contributed by atoms with E-state index in [0.29, 0.717) is 6.42 Å². The highest BCUT2D eigenvalue weighted by atomic mass is 16.6. The van der Waals surface area contributed by atoms with Crippen molar-refractivity contribution in [3.8, 4) is 0 Å². The third kappa shape index (κ3) is 1.26. The predicted octanol–water partition coefficient (Wildman–Crippen LogP) is 1.26. The monoisotopic (exact) mass is 228 g/mol. The van der Waals surface area contributed by atoms with Crippen LogP contribution in [0.3, 0.4) is 0 Å². The maximum atomic E-state index is 11.8. The van der Waals surface area contributed by atoms with Gasteiger partial charge in [-0.15, -0.1) is 0 Å². The second-order valence-electron chi connectivity index (χ2n) is 5.75. The van der Waals surface area contributed by atoms with E-state index in [0.717, 1.165) is 12.8 Å². The standard InChI is InChI=1S/C12H20O4/c1-10(2,9(14)15-4)12-6-5-11(3,16-12)8(13)7-12/h8,13H,5-7H2,1-4H3/t8-,11+,12-/m0/s1. The third-order valence-electron chi connectivity index (χ3n) is 4.52. The molecule has 4 nitrogen and oxygen atoms in total. The number of rotatable bonds is 2. The fourth-order valence-corrected chi connectivity index (χ4v) is 3.04. The van der Waals surface area contributed by atoms with Crippen molar-refractivity contribution < 1.29 is 19.4 Å². The molecule has 0 radical (unpaired) electrons. The third-order valence-corrected chi connectivity index (χ3v) is 4.52. The molecule has 0 aromatic carbocycles. The summed E-state index contributed by atoms with van der Waals surface area (Å²) in [5.74, 6) is -0.272. The van der Waals surface area contributed by atoms with Gasteiger partial charge in [-0.25, -0.2) is 0 Å². The molecule has 0 amide bonds. The topological polar surface area (TPSA) is 55.8 Å². The number of aliphatic hydroxyl groups is 1. The van der Waals surface area contributed by atoms with Gasteiger partial charge in [0.2, 0.25) is 0 Å². The Morgan fingerprint density at radius 2 is 2.12 bits per heavy atom. The number of hydrogen-bond acceptors (Lipinski definition) is 4. The van der Waals surface area contributed by atoms with Gasteiger partial charge in [0.1, 0.15) is 0 Å². The van der Waals surface area contributed by atoms with E-state index >= 15 is 0 Å². The molecule has 2 aliphatic heterocycles. The van der Waals surface area contributed by atoms with Crippen molar-refractivity contribution in [3.63, 3.8) is 0 Å².